The van der Waals surface area contributed by atoms with Crippen molar-refractivity contribution in [2.45, 2.75) is 25.2 Å². The smallest absolute Gasteiger partial charge is 0.283 e. The van der Waals surface area contributed by atoms with Gasteiger partial charge in [-0.3, -0.25) is 19.7 Å². The molecule has 0 aliphatic carbocycles. The molecule has 0 bridgehead atoms. The van der Waals surface area contributed by atoms with Gasteiger partial charge in [0.15, 0.2) is 6.23 Å². The van der Waals surface area contributed by atoms with Crippen LogP contribution in [0, 0.1) is 0 Å². The number of halogens is 1. The second-order valence-electron chi connectivity index (χ2n) is 8.54. The first-order valence-corrected chi connectivity index (χ1v) is 12.7. The number of rotatable bonds is 6. The Labute approximate surface area is 221 Å². The molecule has 0 spiro atoms. The molecule has 2 aromatic carbocycles. The summed E-state index contributed by atoms with van der Waals surface area (Å²) < 4.78 is 6.19. The number of H-pyrrole nitrogens is 1. The van der Waals surface area contributed by atoms with Gasteiger partial charge >= 0.3 is 0 Å². The molecule has 1 fully saturated rings. The summed E-state index contributed by atoms with van der Waals surface area (Å²) in [6, 6.07) is 18.0. The monoisotopic (exact) mass is 597 g/mol. The Morgan fingerprint density at radius 3 is 2.58 bits per heavy atom. The topological polar surface area (TPSA) is 120 Å². The van der Waals surface area contributed by atoms with Crippen molar-refractivity contribution in [1.29, 1.82) is 0 Å². The highest BCUT2D eigenvalue weighted by atomic mass is 127. The Morgan fingerprint density at radius 2 is 1.89 bits per heavy atom. The lowest BCUT2D eigenvalue weighted by molar-refractivity contribution is 0.0774. The van der Waals surface area contributed by atoms with Crippen LogP contribution in [0.4, 0.5) is 4.79 Å². The van der Waals surface area contributed by atoms with E-state index in [0.29, 0.717) is 30.0 Å². The number of nitrogens with one attached hydrogen (secondary N) is 2. The van der Waals surface area contributed by atoms with Crippen LogP contribution in [0.15, 0.2) is 66.9 Å². The summed E-state index contributed by atoms with van der Waals surface area (Å²) in [5, 5.41) is 21.1. The lowest BCUT2D eigenvalue weighted by atomic mass is 10.0. The van der Waals surface area contributed by atoms with E-state index in [2.05, 4.69) is 20.5 Å². The van der Waals surface area contributed by atoms with E-state index in [1.807, 2.05) is 51.8 Å². The molecule has 1 aliphatic rings. The highest BCUT2D eigenvalue weighted by molar-refractivity contribution is 14.1. The second kappa shape index (κ2) is 10.6. The van der Waals surface area contributed by atoms with E-state index in [1.165, 1.54) is 0 Å². The van der Waals surface area contributed by atoms with E-state index >= 15 is 0 Å². The van der Waals surface area contributed by atoms with Gasteiger partial charge in [0.1, 0.15) is 11.9 Å². The largest absolute Gasteiger partial charge is 0.490 e. The van der Waals surface area contributed by atoms with Crippen LogP contribution in [0.3, 0.4) is 0 Å². The Balaban J connectivity index is 1.29. The molecule has 1 saturated heterocycles. The van der Waals surface area contributed by atoms with Crippen molar-refractivity contribution < 1.29 is 19.4 Å². The average molecular weight is 597 g/mol. The normalized spacial score (nSPS) is 15.0. The van der Waals surface area contributed by atoms with E-state index in [1.54, 1.807) is 42.6 Å². The van der Waals surface area contributed by atoms with E-state index in [0.717, 1.165) is 35.1 Å². The second-order valence-corrected chi connectivity index (χ2v) is 9.47. The standard InChI is InChI=1S/C26H24IN5O4/c27-26(35)32-13-10-19(11-14-32)36-18-7-4-16(5-8-18)23-20-15-17(6-9-21(20)30-31-23)24(33)29-25(34)22-3-1-2-12-28-22/h1-9,12,15,19,25,34H,10-11,13-14H2,(H,29,33)(H,30,31)/t25-/m0/s1. The molecule has 9 nitrogen and oxygen atoms in total. The van der Waals surface area contributed by atoms with Gasteiger partial charge in [0.05, 0.1) is 16.9 Å². The molecule has 3 N–H and O–H groups in total. The van der Waals surface area contributed by atoms with Gasteiger partial charge in [0.2, 0.25) is 0 Å². The van der Waals surface area contributed by atoms with E-state index in [9.17, 15) is 14.7 Å². The third-order valence-electron chi connectivity index (χ3n) is 6.18. The molecule has 0 saturated carbocycles. The van der Waals surface area contributed by atoms with Crippen molar-refractivity contribution in [3.63, 3.8) is 0 Å². The minimum Gasteiger partial charge on any atom is -0.490 e. The van der Waals surface area contributed by atoms with Crippen LogP contribution < -0.4 is 10.1 Å². The third kappa shape index (κ3) is 5.34. The molecule has 10 heteroatoms. The van der Waals surface area contributed by atoms with Crippen LogP contribution in [0.1, 0.15) is 35.1 Å². The number of carbonyl (C=O) groups is 2. The number of aromatic amines is 1. The Kier molecular flexibility index (Phi) is 7.14. The fraction of sp³-hybridized carbons (Fsp3) is 0.231. The van der Waals surface area contributed by atoms with Gasteiger partial charge in [-0.2, -0.15) is 5.10 Å². The number of carbonyl (C=O) groups excluding carboxylic acids is 2. The molecule has 184 valence electrons. The molecule has 0 unspecified atom stereocenters. The zero-order valence-corrected chi connectivity index (χ0v) is 21.4. The number of ether oxygens (including phenoxy) is 1. The number of nitrogens with zero attached hydrogens (tertiary/aromatic N) is 3. The molecule has 1 atom stereocenters. The summed E-state index contributed by atoms with van der Waals surface area (Å²) in [6.07, 6.45) is 2.04. The summed E-state index contributed by atoms with van der Waals surface area (Å²) in [5.41, 5.74) is 3.15. The molecule has 36 heavy (non-hydrogen) atoms. The van der Waals surface area contributed by atoms with Crippen LogP contribution in [0.2, 0.25) is 0 Å². The van der Waals surface area contributed by atoms with Gasteiger partial charge in [0, 0.05) is 71.2 Å². The minimum absolute atomic E-state index is 0.0756. The zero-order chi connectivity index (χ0) is 25.1. The number of hydrogen-bond acceptors (Lipinski definition) is 6. The summed E-state index contributed by atoms with van der Waals surface area (Å²) >= 11 is 1.82. The number of fused-ring (bicyclic) bond motifs is 1. The van der Waals surface area contributed by atoms with Gasteiger partial charge in [-0.15, -0.1) is 0 Å². The van der Waals surface area contributed by atoms with Crippen molar-refractivity contribution in [3.8, 4) is 17.0 Å². The lowest BCUT2D eigenvalue weighted by Crippen LogP contribution is -2.39. The first-order chi connectivity index (χ1) is 17.5. The summed E-state index contributed by atoms with van der Waals surface area (Å²) in [4.78, 5) is 30.2. The Morgan fingerprint density at radius 1 is 1.11 bits per heavy atom. The molecule has 0 radical (unpaired) electrons. The van der Waals surface area contributed by atoms with Gasteiger partial charge in [-0.05, 0) is 54.6 Å². The predicted molar refractivity (Wildman–Crippen MR) is 143 cm³/mol. The first-order valence-electron chi connectivity index (χ1n) is 11.6. The summed E-state index contributed by atoms with van der Waals surface area (Å²) in [5.74, 6) is 0.350. The fourth-order valence-electron chi connectivity index (χ4n) is 4.23. The van der Waals surface area contributed by atoms with Gasteiger partial charge in [-0.25, -0.2) is 0 Å². The van der Waals surface area contributed by atoms with Gasteiger partial charge in [0.25, 0.3) is 9.82 Å². The van der Waals surface area contributed by atoms with Crippen LogP contribution in [0.25, 0.3) is 22.2 Å². The van der Waals surface area contributed by atoms with Crippen LogP contribution in [0.5, 0.6) is 5.75 Å². The number of piperidine rings is 1. The number of amides is 2. The number of aliphatic hydroxyl groups excluding tert-OH is 1. The highest BCUT2D eigenvalue weighted by Gasteiger charge is 2.22. The third-order valence-corrected chi connectivity index (χ3v) is 6.86. The predicted octanol–water partition coefficient (Wildman–Crippen LogP) is 4.44. The Bertz CT molecular complexity index is 1370. The molecule has 2 aromatic heterocycles. The quantitative estimate of drug-likeness (QED) is 0.131. The van der Waals surface area contributed by atoms with Crippen LogP contribution in [-0.4, -0.2) is 54.2 Å². The maximum absolute atomic E-state index is 12.8. The lowest BCUT2D eigenvalue weighted by Gasteiger charge is -2.30. The first kappa shape index (κ1) is 24.2. The maximum atomic E-state index is 12.8. The molecule has 1 aliphatic heterocycles. The van der Waals surface area contributed by atoms with Crippen molar-refractivity contribution in [2.75, 3.05) is 13.1 Å². The Hall–Kier alpha value is -3.51. The maximum Gasteiger partial charge on any atom is 0.283 e. The average Bonchev–Trinajstić information content (AvgIpc) is 3.33. The number of aliphatic hydroxyl groups is 1. The zero-order valence-electron chi connectivity index (χ0n) is 19.2. The molecular formula is C26H24IN5O4. The number of pyridine rings is 1. The van der Waals surface area contributed by atoms with E-state index < -0.39 is 12.1 Å². The number of hydrogen-bond donors (Lipinski definition) is 3. The van der Waals surface area contributed by atoms with Crippen molar-refractivity contribution in [2.24, 2.45) is 0 Å². The van der Waals surface area contributed by atoms with E-state index in [4.69, 9.17) is 4.74 Å². The number of aromatic nitrogens is 3. The van der Waals surface area contributed by atoms with Crippen molar-refractivity contribution in [3.05, 3.63) is 78.1 Å². The molecular weight excluding hydrogens is 573 g/mol. The van der Waals surface area contributed by atoms with E-state index in [-0.39, 0.29) is 10.0 Å². The summed E-state index contributed by atoms with van der Waals surface area (Å²) in [6.45, 7) is 1.41. The number of likely N-dealkylation sites (tertiary alicyclic amines) is 1. The minimum atomic E-state index is -1.21. The van der Waals surface area contributed by atoms with Gasteiger partial charge < -0.3 is 20.1 Å². The van der Waals surface area contributed by atoms with Crippen LogP contribution >= 0.6 is 22.6 Å². The van der Waals surface area contributed by atoms with Crippen molar-refractivity contribution >= 4 is 43.3 Å². The molecule has 4 aromatic rings. The SMILES string of the molecule is O=C(N[C@@H](O)c1ccccn1)c1ccc2[nH]nc(-c3ccc(OC4CCN(C(=O)I)CC4)cc3)c2c1. The fourth-order valence-corrected chi connectivity index (χ4v) is 4.71. The highest BCUT2D eigenvalue weighted by Crippen LogP contribution is 2.29. The molecule has 3 heterocycles. The summed E-state index contributed by atoms with van der Waals surface area (Å²) in [7, 11) is 0. The van der Waals surface area contributed by atoms with Gasteiger partial charge in [-0.1, -0.05) is 6.07 Å². The van der Waals surface area contributed by atoms with Crippen LogP contribution in [-0.2, 0) is 0 Å². The van der Waals surface area contributed by atoms with Crippen molar-refractivity contribution in [1.82, 2.24) is 25.4 Å². The molecule has 2 amide bonds. The number of benzene rings is 2. The molecule has 5 rings (SSSR count).